The van der Waals surface area contributed by atoms with Gasteiger partial charge < -0.3 is 19.7 Å². The number of methoxy groups -OCH3 is 1. The Morgan fingerprint density at radius 2 is 1.72 bits per heavy atom. The van der Waals surface area contributed by atoms with Gasteiger partial charge in [-0.2, -0.15) is 0 Å². The molecule has 0 fully saturated rings. The number of ether oxygens (including phenoxy) is 2. The van der Waals surface area contributed by atoms with Crippen molar-refractivity contribution in [2.24, 2.45) is 0 Å². The van der Waals surface area contributed by atoms with Crippen molar-refractivity contribution in [2.45, 2.75) is 6.54 Å². The van der Waals surface area contributed by atoms with E-state index in [0.717, 1.165) is 28.5 Å². The van der Waals surface area contributed by atoms with Crippen molar-refractivity contribution in [3.8, 4) is 11.5 Å². The Balaban J connectivity index is 1.64. The van der Waals surface area contributed by atoms with Crippen LogP contribution >= 0.6 is 11.6 Å². The Labute approximate surface area is 153 Å². The highest BCUT2D eigenvalue weighted by Gasteiger charge is 2.10. The molecule has 5 nitrogen and oxygen atoms in total. The molecule has 6 heteroatoms. The van der Waals surface area contributed by atoms with Crippen LogP contribution < -0.4 is 19.7 Å². The number of likely N-dealkylation sites (N-methyl/N-ethyl adjacent to an activating group) is 1. The van der Waals surface area contributed by atoms with Gasteiger partial charge in [0.25, 0.3) is 5.91 Å². The van der Waals surface area contributed by atoms with Gasteiger partial charge in [0.2, 0.25) is 0 Å². The molecule has 2 aromatic carbocycles. The summed E-state index contributed by atoms with van der Waals surface area (Å²) in [5.74, 6) is 1.58. The zero-order valence-electron chi connectivity index (χ0n) is 14.5. The van der Waals surface area contributed by atoms with E-state index in [1.54, 1.807) is 31.4 Å². The molecule has 0 aromatic heterocycles. The second-order valence-electron chi connectivity index (χ2n) is 5.81. The molecular formula is C19H24ClN2O3+. The smallest absolute Gasteiger partial charge is 0.275 e. The van der Waals surface area contributed by atoms with Crippen molar-refractivity contribution in [1.82, 2.24) is 5.32 Å². The zero-order valence-corrected chi connectivity index (χ0v) is 15.3. The fraction of sp³-hybridized carbons (Fsp3) is 0.316. The lowest BCUT2D eigenvalue weighted by Gasteiger charge is -2.14. The van der Waals surface area contributed by atoms with E-state index < -0.39 is 0 Å². The van der Waals surface area contributed by atoms with Crippen molar-refractivity contribution >= 4 is 17.5 Å². The standard InChI is InChI=1S/C19H23ClN2O3/c1-22(13-15-3-7-17(24-2)8-4-15)14-19(23)21-11-12-25-18-9-5-16(20)6-10-18/h3-10H,11-14H2,1-2H3,(H,21,23)/p+1. The first-order valence-electron chi connectivity index (χ1n) is 8.16. The molecule has 0 bridgehead atoms. The quantitative estimate of drug-likeness (QED) is 0.665. The molecule has 2 rings (SSSR count). The molecule has 0 heterocycles. The number of hydrogen-bond acceptors (Lipinski definition) is 3. The number of quaternary nitrogens is 1. The summed E-state index contributed by atoms with van der Waals surface area (Å²) in [5.41, 5.74) is 1.16. The minimum absolute atomic E-state index is 0.00529. The number of carbonyl (C=O) groups is 1. The van der Waals surface area contributed by atoms with Gasteiger partial charge in [0.05, 0.1) is 20.7 Å². The van der Waals surface area contributed by atoms with Crippen LogP contribution in [0.2, 0.25) is 5.02 Å². The summed E-state index contributed by atoms with van der Waals surface area (Å²) in [4.78, 5) is 13.1. The van der Waals surface area contributed by atoms with Gasteiger partial charge in [-0.3, -0.25) is 4.79 Å². The predicted octanol–water partition coefficient (Wildman–Crippen LogP) is 1.56. The van der Waals surface area contributed by atoms with E-state index >= 15 is 0 Å². The van der Waals surface area contributed by atoms with Crippen LogP contribution in [0.4, 0.5) is 0 Å². The Morgan fingerprint density at radius 1 is 1.08 bits per heavy atom. The molecule has 0 radical (unpaired) electrons. The maximum absolute atomic E-state index is 12.0. The van der Waals surface area contributed by atoms with Crippen molar-refractivity contribution in [1.29, 1.82) is 0 Å². The van der Waals surface area contributed by atoms with Crippen molar-refractivity contribution in [3.63, 3.8) is 0 Å². The summed E-state index contributed by atoms with van der Waals surface area (Å²) in [5, 5.41) is 3.54. The van der Waals surface area contributed by atoms with Gasteiger partial charge in [-0.1, -0.05) is 11.6 Å². The van der Waals surface area contributed by atoms with Crippen LogP contribution in [0.5, 0.6) is 11.5 Å². The number of hydrogen-bond donors (Lipinski definition) is 2. The molecule has 1 atom stereocenters. The van der Waals surface area contributed by atoms with Crippen molar-refractivity contribution < 1.29 is 19.2 Å². The Bertz CT molecular complexity index is 659. The highest BCUT2D eigenvalue weighted by Crippen LogP contribution is 2.15. The molecule has 0 aliphatic carbocycles. The highest BCUT2D eigenvalue weighted by molar-refractivity contribution is 6.30. The maximum atomic E-state index is 12.0. The average Bonchev–Trinajstić information content (AvgIpc) is 2.61. The summed E-state index contributed by atoms with van der Waals surface area (Å²) in [6.45, 7) is 2.08. The molecule has 1 amide bonds. The lowest BCUT2D eigenvalue weighted by Crippen LogP contribution is -3.08. The Morgan fingerprint density at radius 3 is 2.36 bits per heavy atom. The van der Waals surface area contributed by atoms with E-state index in [0.29, 0.717) is 24.7 Å². The molecule has 2 aromatic rings. The number of halogens is 1. The number of carbonyl (C=O) groups excluding carboxylic acids is 1. The summed E-state index contributed by atoms with van der Waals surface area (Å²) in [6, 6.07) is 15.0. The van der Waals surface area contributed by atoms with Gasteiger partial charge in [0.1, 0.15) is 24.7 Å². The lowest BCUT2D eigenvalue weighted by molar-refractivity contribution is -0.885. The van der Waals surface area contributed by atoms with Crippen LogP contribution in [-0.2, 0) is 11.3 Å². The van der Waals surface area contributed by atoms with Gasteiger partial charge >= 0.3 is 0 Å². The van der Waals surface area contributed by atoms with E-state index in [2.05, 4.69) is 5.32 Å². The predicted molar refractivity (Wildman–Crippen MR) is 98.4 cm³/mol. The van der Waals surface area contributed by atoms with Crippen LogP contribution in [0, 0.1) is 0 Å². The molecular weight excluding hydrogens is 340 g/mol. The van der Waals surface area contributed by atoms with Gasteiger partial charge in [0, 0.05) is 10.6 Å². The van der Waals surface area contributed by atoms with Crippen molar-refractivity contribution in [3.05, 3.63) is 59.1 Å². The lowest BCUT2D eigenvalue weighted by atomic mass is 10.2. The fourth-order valence-corrected chi connectivity index (χ4v) is 2.51. The molecule has 0 aliphatic rings. The Kier molecular flexibility index (Phi) is 7.57. The van der Waals surface area contributed by atoms with Crippen molar-refractivity contribution in [2.75, 3.05) is 33.9 Å². The largest absolute Gasteiger partial charge is 0.497 e. The van der Waals surface area contributed by atoms with Gasteiger partial charge in [-0.15, -0.1) is 0 Å². The topological polar surface area (TPSA) is 52.0 Å². The minimum Gasteiger partial charge on any atom is -0.497 e. The monoisotopic (exact) mass is 363 g/mol. The van der Waals surface area contributed by atoms with Crippen LogP contribution in [0.15, 0.2) is 48.5 Å². The minimum atomic E-state index is 0.00529. The molecule has 0 spiro atoms. The third kappa shape index (κ3) is 7.03. The summed E-state index contributed by atoms with van der Waals surface area (Å²) >= 11 is 5.81. The van der Waals surface area contributed by atoms with Gasteiger partial charge in [-0.25, -0.2) is 0 Å². The van der Waals surface area contributed by atoms with Crippen LogP contribution in [-0.4, -0.2) is 39.8 Å². The van der Waals surface area contributed by atoms with Crippen LogP contribution in [0.3, 0.4) is 0 Å². The molecule has 134 valence electrons. The molecule has 0 saturated carbocycles. The average molecular weight is 364 g/mol. The number of amides is 1. The first-order chi connectivity index (χ1) is 12.1. The molecule has 0 aliphatic heterocycles. The second kappa shape index (κ2) is 9.91. The molecule has 0 saturated heterocycles. The SMILES string of the molecule is COc1ccc(C[NH+](C)CC(=O)NCCOc2ccc(Cl)cc2)cc1. The fourth-order valence-electron chi connectivity index (χ4n) is 2.38. The maximum Gasteiger partial charge on any atom is 0.275 e. The first-order valence-corrected chi connectivity index (χ1v) is 8.54. The highest BCUT2D eigenvalue weighted by atomic mass is 35.5. The summed E-state index contributed by atoms with van der Waals surface area (Å²) in [7, 11) is 3.64. The van der Waals surface area contributed by atoms with Gasteiger partial charge in [-0.05, 0) is 48.5 Å². The molecule has 25 heavy (non-hydrogen) atoms. The second-order valence-corrected chi connectivity index (χ2v) is 6.25. The van der Waals surface area contributed by atoms with E-state index in [1.165, 1.54) is 0 Å². The summed E-state index contributed by atoms with van der Waals surface area (Å²) in [6.07, 6.45) is 0. The number of rotatable bonds is 9. The molecule has 1 unspecified atom stereocenters. The number of nitrogens with one attached hydrogen (secondary N) is 2. The van der Waals surface area contributed by atoms with E-state index in [1.807, 2.05) is 31.3 Å². The Hall–Kier alpha value is -2.24. The number of benzene rings is 2. The first kappa shape index (κ1) is 19.1. The third-order valence-electron chi connectivity index (χ3n) is 3.63. The third-order valence-corrected chi connectivity index (χ3v) is 3.89. The van der Waals surface area contributed by atoms with E-state index in [9.17, 15) is 4.79 Å². The van der Waals surface area contributed by atoms with E-state index in [4.69, 9.17) is 21.1 Å². The summed E-state index contributed by atoms with van der Waals surface area (Å²) < 4.78 is 10.7. The van der Waals surface area contributed by atoms with Crippen LogP contribution in [0.25, 0.3) is 0 Å². The zero-order chi connectivity index (χ0) is 18.1. The van der Waals surface area contributed by atoms with E-state index in [-0.39, 0.29) is 5.91 Å². The molecule has 2 N–H and O–H groups in total. The van der Waals surface area contributed by atoms with Crippen LogP contribution in [0.1, 0.15) is 5.56 Å². The normalized spacial score (nSPS) is 11.6. The van der Waals surface area contributed by atoms with Gasteiger partial charge in [0.15, 0.2) is 6.54 Å².